The Morgan fingerprint density at radius 1 is 1.03 bits per heavy atom. The number of nitrogens with zero attached hydrogens (tertiary/aromatic N) is 6. The van der Waals surface area contributed by atoms with Gasteiger partial charge in [0.15, 0.2) is 5.82 Å². The van der Waals surface area contributed by atoms with Crippen LogP contribution in [0.15, 0.2) is 18.6 Å². The molecule has 0 unspecified atom stereocenters. The molecule has 0 aliphatic carbocycles. The summed E-state index contributed by atoms with van der Waals surface area (Å²) in [6.45, 7) is -4.15. The van der Waals surface area contributed by atoms with Gasteiger partial charge in [-0.25, -0.2) is 15.0 Å². The van der Waals surface area contributed by atoms with E-state index in [9.17, 15) is 26.3 Å². The molecular weight excluding hydrogens is 472 g/mol. The van der Waals surface area contributed by atoms with Crippen LogP contribution in [0.3, 0.4) is 0 Å². The molecule has 174 valence electrons. The molecule has 0 aliphatic heterocycles. The van der Waals surface area contributed by atoms with Crippen molar-refractivity contribution in [1.82, 2.24) is 29.7 Å². The van der Waals surface area contributed by atoms with Crippen molar-refractivity contribution in [2.45, 2.75) is 25.5 Å². The summed E-state index contributed by atoms with van der Waals surface area (Å²) in [6.07, 6.45) is -6.38. The van der Waals surface area contributed by atoms with E-state index in [1.807, 2.05) is 0 Å². The zero-order valence-corrected chi connectivity index (χ0v) is 16.7. The summed E-state index contributed by atoms with van der Waals surface area (Å²) in [6, 6.07) is 1.50. The van der Waals surface area contributed by atoms with E-state index in [0.29, 0.717) is 5.82 Å². The van der Waals surface area contributed by atoms with Crippen LogP contribution >= 0.6 is 11.6 Å². The second-order valence-electron chi connectivity index (χ2n) is 6.20. The number of ether oxygens (including phenoxy) is 2. The number of hydrogen-bond acceptors (Lipinski definition) is 8. The standard InChI is InChI=1S/C16H14ClF6N7O2/c17-14-27-11-9(5-32-7-16(21,22)23)29-30(3-4-31-6-15(18,19)20)12(11)13(28-14)26-10-1-2-24-8-25-10/h1-2,8H,3-7H2,(H,24,25,26,27,28). The lowest BCUT2D eigenvalue weighted by atomic mass is 10.3. The van der Waals surface area contributed by atoms with Gasteiger partial charge in [-0.3, -0.25) is 4.68 Å². The van der Waals surface area contributed by atoms with Crippen molar-refractivity contribution in [2.24, 2.45) is 0 Å². The molecule has 0 aliphatic rings. The minimum Gasteiger partial charge on any atom is -0.370 e. The normalized spacial score (nSPS) is 12.5. The van der Waals surface area contributed by atoms with Gasteiger partial charge in [0.25, 0.3) is 0 Å². The number of anilines is 2. The number of aromatic nitrogens is 6. The van der Waals surface area contributed by atoms with Crippen LogP contribution in [-0.4, -0.2) is 61.9 Å². The summed E-state index contributed by atoms with van der Waals surface area (Å²) < 4.78 is 84.6. The van der Waals surface area contributed by atoms with Crippen molar-refractivity contribution in [3.63, 3.8) is 0 Å². The molecule has 3 aromatic heterocycles. The molecule has 0 fully saturated rings. The van der Waals surface area contributed by atoms with Crippen LogP contribution in [0.5, 0.6) is 0 Å². The lowest BCUT2D eigenvalue weighted by Crippen LogP contribution is -2.19. The van der Waals surface area contributed by atoms with Crippen LogP contribution in [0.4, 0.5) is 38.0 Å². The maximum atomic E-state index is 12.4. The Hall–Kier alpha value is -2.78. The molecule has 0 atom stereocenters. The Bertz CT molecular complexity index is 1050. The number of fused-ring (bicyclic) bond motifs is 1. The van der Waals surface area contributed by atoms with Crippen LogP contribution in [0.2, 0.25) is 5.28 Å². The van der Waals surface area contributed by atoms with Gasteiger partial charge in [-0.2, -0.15) is 36.4 Å². The summed E-state index contributed by atoms with van der Waals surface area (Å²) in [5.41, 5.74) is 0.198. The first-order chi connectivity index (χ1) is 15.0. The van der Waals surface area contributed by atoms with Crippen LogP contribution in [-0.2, 0) is 22.6 Å². The minimum absolute atomic E-state index is 0.0184. The average molecular weight is 486 g/mol. The smallest absolute Gasteiger partial charge is 0.370 e. The monoisotopic (exact) mass is 485 g/mol. The third kappa shape index (κ3) is 6.86. The third-order valence-electron chi connectivity index (χ3n) is 3.68. The number of nitrogens with one attached hydrogen (secondary N) is 1. The van der Waals surface area contributed by atoms with E-state index in [1.165, 1.54) is 23.3 Å². The van der Waals surface area contributed by atoms with Gasteiger partial charge in [0, 0.05) is 6.20 Å². The molecule has 0 saturated heterocycles. The quantitative estimate of drug-likeness (QED) is 0.278. The molecule has 0 amide bonds. The fourth-order valence-corrected chi connectivity index (χ4v) is 2.72. The Labute approximate surface area is 180 Å². The molecule has 3 rings (SSSR count). The molecule has 32 heavy (non-hydrogen) atoms. The second kappa shape index (κ2) is 9.79. The van der Waals surface area contributed by atoms with Crippen molar-refractivity contribution in [3.05, 3.63) is 29.6 Å². The molecule has 9 nitrogen and oxygen atoms in total. The summed E-state index contributed by atoms with van der Waals surface area (Å²) in [4.78, 5) is 15.8. The molecular formula is C16H14ClF6N7O2. The Morgan fingerprint density at radius 2 is 1.75 bits per heavy atom. The maximum Gasteiger partial charge on any atom is 0.411 e. The lowest BCUT2D eigenvalue weighted by Gasteiger charge is -2.10. The first kappa shape index (κ1) is 23.9. The van der Waals surface area contributed by atoms with E-state index >= 15 is 0 Å². The van der Waals surface area contributed by atoms with Crippen LogP contribution in [0.1, 0.15) is 5.69 Å². The molecule has 0 saturated carbocycles. The molecule has 3 aromatic rings. The molecule has 0 bridgehead atoms. The molecule has 0 radical (unpaired) electrons. The third-order valence-corrected chi connectivity index (χ3v) is 3.84. The fraction of sp³-hybridized carbons (Fsp3) is 0.438. The van der Waals surface area contributed by atoms with Gasteiger partial charge in [0.1, 0.15) is 42.1 Å². The molecule has 0 spiro atoms. The van der Waals surface area contributed by atoms with Gasteiger partial charge in [0.2, 0.25) is 5.28 Å². The fourth-order valence-electron chi connectivity index (χ4n) is 2.55. The highest BCUT2D eigenvalue weighted by Gasteiger charge is 2.29. The van der Waals surface area contributed by atoms with E-state index in [2.05, 4.69) is 39.8 Å². The van der Waals surface area contributed by atoms with Gasteiger partial charge in [-0.15, -0.1) is 0 Å². The number of hydrogen-bond donors (Lipinski definition) is 1. The topological polar surface area (TPSA) is 99.9 Å². The molecule has 0 aromatic carbocycles. The lowest BCUT2D eigenvalue weighted by molar-refractivity contribution is -0.177. The molecule has 16 heteroatoms. The largest absolute Gasteiger partial charge is 0.411 e. The zero-order chi connectivity index (χ0) is 23.4. The van der Waals surface area contributed by atoms with E-state index in [-0.39, 0.29) is 34.4 Å². The van der Waals surface area contributed by atoms with Crippen molar-refractivity contribution < 1.29 is 35.8 Å². The minimum atomic E-state index is -4.56. The highest BCUT2D eigenvalue weighted by Crippen LogP contribution is 2.28. The summed E-state index contributed by atoms with van der Waals surface area (Å²) in [5.74, 6) is 0.371. The Kier molecular flexibility index (Phi) is 7.30. The van der Waals surface area contributed by atoms with Crippen LogP contribution < -0.4 is 5.32 Å². The summed E-state index contributed by atoms with van der Waals surface area (Å²) in [7, 11) is 0. The molecule has 3 heterocycles. The number of alkyl halides is 6. The maximum absolute atomic E-state index is 12.4. The number of halogens is 7. The van der Waals surface area contributed by atoms with E-state index < -0.39 is 38.8 Å². The molecule has 1 N–H and O–H groups in total. The highest BCUT2D eigenvalue weighted by atomic mass is 35.5. The summed E-state index contributed by atoms with van der Waals surface area (Å²) >= 11 is 5.95. The van der Waals surface area contributed by atoms with Gasteiger partial charge >= 0.3 is 12.4 Å². The SMILES string of the molecule is FC(F)(F)COCCn1nc(COCC(F)(F)F)c2nc(Cl)nc(Nc3ccncn3)c21. The van der Waals surface area contributed by atoms with Crippen molar-refractivity contribution >= 4 is 34.3 Å². The Balaban J connectivity index is 1.92. The van der Waals surface area contributed by atoms with Gasteiger partial charge in [0.05, 0.1) is 19.8 Å². The average Bonchev–Trinajstić information content (AvgIpc) is 3.02. The first-order valence-electron chi connectivity index (χ1n) is 8.77. The van der Waals surface area contributed by atoms with Crippen molar-refractivity contribution in [2.75, 3.05) is 25.1 Å². The van der Waals surface area contributed by atoms with E-state index in [4.69, 9.17) is 11.6 Å². The van der Waals surface area contributed by atoms with Gasteiger partial charge in [-0.1, -0.05) is 0 Å². The van der Waals surface area contributed by atoms with Crippen molar-refractivity contribution in [1.29, 1.82) is 0 Å². The van der Waals surface area contributed by atoms with Crippen LogP contribution in [0, 0.1) is 0 Å². The first-order valence-corrected chi connectivity index (χ1v) is 9.14. The number of rotatable bonds is 9. The Morgan fingerprint density at radius 3 is 2.41 bits per heavy atom. The van der Waals surface area contributed by atoms with Crippen LogP contribution in [0.25, 0.3) is 11.0 Å². The zero-order valence-electron chi connectivity index (χ0n) is 15.9. The summed E-state index contributed by atoms with van der Waals surface area (Å²) in [5, 5.41) is 6.71. The van der Waals surface area contributed by atoms with Gasteiger partial charge in [-0.05, 0) is 17.7 Å². The van der Waals surface area contributed by atoms with E-state index in [0.717, 1.165) is 0 Å². The predicted molar refractivity (Wildman–Crippen MR) is 98.2 cm³/mol. The second-order valence-corrected chi connectivity index (χ2v) is 6.54. The van der Waals surface area contributed by atoms with Crippen molar-refractivity contribution in [3.8, 4) is 0 Å². The van der Waals surface area contributed by atoms with Gasteiger partial charge < -0.3 is 14.8 Å². The van der Waals surface area contributed by atoms with E-state index in [1.54, 1.807) is 0 Å². The predicted octanol–water partition coefficient (Wildman–Crippen LogP) is 3.67. The highest BCUT2D eigenvalue weighted by molar-refractivity contribution is 6.28.